The van der Waals surface area contributed by atoms with Gasteiger partial charge in [-0.15, -0.1) is 5.10 Å². The molecule has 160 valence electrons. The van der Waals surface area contributed by atoms with Gasteiger partial charge in [0.05, 0.1) is 5.69 Å². The van der Waals surface area contributed by atoms with Crippen LogP contribution in [-0.4, -0.2) is 112 Å². The second-order valence-corrected chi connectivity index (χ2v) is 9.06. The molecular weight excluding hydrogens is 390 g/mol. The van der Waals surface area contributed by atoms with Crippen LogP contribution in [0.5, 0.6) is 0 Å². The highest BCUT2D eigenvalue weighted by molar-refractivity contribution is 7.03. The first-order valence-corrected chi connectivity index (χ1v) is 11.3. The van der Waals surface area contributed by atoms with E-state index in [0.717, 1.165) is 51.3 Å². The van der Waals surface area contributed by atoms with Gasteiger partial charge in [0.25, 0.3) is 0 Å². The van der Waals surface area contributed by atoms with Crippen molar-refractivity contribution in [3.63, 3.8) is 0 Å². The van der Waals surface area contributed by atoms with Crippen molar-refractivity contribution in [1.29, 1.82) is 0 Å². The third-order valence-electron chi connectivity index (χ3n) is 6.67. The highest BCUT2D eigenvalue weighted by atomic mass is 32.1. The summed E-state index contributed by atoms with van der Waals surface area (Å²) in [6, 6.07) is 0.194. The standard InChI is InChI=1S/C19H31N7O2S/c1-23-7-9-25(10-8-23)17(27)4-3-15-11-20-19(28)18-16(24(15)2)5-6-26(18)12-14-13-29-22-21-14/h13,15-16,18H,3-12H2,1-2H3,(H,20,28)/t15-,16-,18-/m1/s1. The molecular formula is C19H31N7O2S. The lowest BCUT2D eigenvalue weighted by atomic mass is 10.0. The number of nitrogens with one attached hydrogen (secondary N) is 1. The number of carbonyl (C=O) groups excluding carboxylic acids is 2. The van der Waals surface area contributed by atoms with E-state index in [1.807, 2.05) is 10.3 Å². The van der Waals surface area contributed by atoms with Crippen molar-refractivity contribution in [2.24, 2.45) is 0 Å². The van der Waals surface area contributed by atoms with Crippen molar-refractivity contribution in [2.45, 2.75) is 43.9 Å². The number of aromatic nitrogens is 2. The Hall–Kier alpha value is -1.62. The summed E-state index contributed by atoms with van der Waals surface area (Å²) < 4.78 is 3.93. The van der Waals surface area contributed by atoms with E-state index in [1.54, 1.807) is 0 Å². The average molecular weight is 422 g/mol. The summed E-state index contributed by atoms with van der Waals surface area (Å²) in [7, 11) is 4.20. The lowest BCUT2D eigenvalue weighted by Crippen LogP contribution is -2.50. The second-order valence-electron chi connectivity index (χ2n) is 8.45. The summed E-state index contributed by atoms with van der Waals surface area (Å²) in [6.07, 6.45) is 2.27. The molecule has 3 saturated heterocycles. The van der Waals surface area contributed by atoms with Gasteiger partial charge in [0.15, 0.2) is 0 Å². The van der Waals surface area contributed by atoms with E-state index in [2.05, 4.69) is 43.7 Å². The minimum absolute atomic E-state index is 0.0930. The van der Waals surface area contributed by atoms with Crippen molar-refractivity contribution >= 4 is 23.3 Å². The minimum atomic E-state index is -0.167. The van der Waals surface area contributed by atoms with E-state index in [0.29, 0.717) is 19.5 Å². The number of likely N-dealkylation sites (tertiary alicyclic amines) is 1. The number of amides is 2. The monoisotopic (exact) mass is 421 g/mol. The Bertz CT molecular complexity index is 707. The summed E-state index contributed by atoms with van der Waals surface area (Å²) in [5.74, 6) is 0.332. The Morgan fingerprint density at radius 2 is 2.03 bits per heavy atom. The minimum Gasteiger partial charge on any atom is -0.353 e. The van der Waals surface area contributed by atoms with Crippen LogP contribution in [0.25, 0.3) is 0 Å². The fourth-order valence-electron chi connectivity index (χ4n) is 4.79. The summed E-state index contributed by atoms with van der Waals surface area (Å²) in [5.41, 5.74) is 0.921. The third-order valence-corrected chi connectivity index (χ3v) is 7.22. The van der Waals surface area contributed by atoms with Crippen LogP contribution in [-0.2, 0) is 16.1 Å². The van der Waals surface area contributed by atoms with Crippen LogP contribution in [0.15, 0.2) is 5.38 Å². The predicted molar refractivity (Wildman–Crippen MR) is 110 cm³/mol. The van der Waals surface area contributed by atoms with Crippen molar-refractivity contribution in [1.82, 2.24) is 34.5 Å². The Morgan fingerprint density at radius 1 is 1.24 bits per heavy atom. The summed E-state index contributed by atoms with van der Waals surface area (Å²) in [6.45, 7) is 5.65. The number of likely N-dealkylation sites (N-methyl/N-ethyl adjacent to an activating group) is 2. The van der Waals surface area contributed by atoms with Crippen LogP contribution in [0.4, 0.5) is 0 Å². The molecule has 0 radical (unpaired) electrons. The van der Waals surface area contributed by atoms with Gasteiger partial charge in [-0.1, -0.05) is 4.49 Å². The Labute approximate surface area is 176 Å². The first-order valence-electron chi connectivity index (χ1n) is 10.5. The van der Waals surface area contributed by atoms with Gasteiger partial charge in [-0.2, -0.15) is 0 Å². The Balaban J connectivity index is 1.35. The van der Waals surface area contributed by atoms with Crippen molar-refractivity contribution in [3.05, 3.63) is 11.1 Å². The highest BCUT2D eigenvalue weighted by Crippen LogP contribution is 2.28. The number of hydrogen-bond acceptors (Lipinski definition) is 8. The molecule has 3 aliphatic rings. The largest absolute Gasteiger partial charge is 0.353 e. The average Bonchev–Trinajstić information content (AvgIpc) is 3.35. The van der Waals surface area contributed by atoms with Crippen LogP contribution in [0.2, 0.25) is 0 Å². The van der Waals surface area contributed by atoms with Crippen LogP contribution >= 0.6 is 11.5 Å². The fraction of sp³-hybridized carbons (Fsp3) is 0.789. The molecule has 0 spiro atoms. The van der Waals surface area contributed by atoms with Gasteiger partial charge in [-0.25, -0.2) is 0 Å². The number of nitrogens with zero attached hydrogens (tertiary/aromatic N) is 6. The molecule has 4 heterocycles. The number of carbonyl (C=O) groups is 2. The third kappa shape index (κ3) is 4.60. The van der Waals surface area contributed by atoms with E-state index in [-0.39, 0.29) is 29.9 Å². The van der Waals surface area contributed by atoms with Crippen molar-refractivity contribution < 1.29 is 9.59 Å². The second kappa shape index (κ2) is 9.03. The molecule has 10 heteroatoms. The lowest BCUT2D eigenvalue weighted by molar-refractivity contribution is -0.133. The zero-order valence-corrected chi connectivity index (χ0v) is 18.1. The molecule has 9 nitrogen and oxygen atoms in total. The topological polar surface area (TPSA) is 84.9 Å². The van der Waals surface area contributed by atoms with Crippen LogP contribution < -0.4 is 5.32 Å². The molecule has 2 amide bonds. The van der Waals surface area contributed by atoms with Crippen molar-refractivity contribution in [2.75, 3.05) is 53.4 Å². The van der Waals surface area contributed by atoms with Gasteiger partial charge in [0.2, 0.25) is 11.8 Å². The molecule has 29 heavy (non-hydrogen) atoms. The molecule has 3 fully saturated rings. The summed E-state index contributed by atoms with van der Waals surface area (Å²) in [5, 5.41) is 9.20. The molecule has 3 aliphatic heterocycles. The first-order chi connectivity index (χ1) is 14.0. The van der Waals surface area contributed by atoms with Gasteiger partial charge >= 0.3 is 0 Å². The van der Waals surface area contributed by atoms with Gasteiger partial charge < -0.3 is 15.1 Å². The molecule has 0 bridgehead atoms. The van der Waals surface area contributed by atoms with Gasteiger partial charge in [0, 0.05) is 69.7 Å². The van der Waals surface area contributed by atoms with Gasteiger partial charge in [-0.3, -0.25) is 19.4 Å². The number of hydrogen-bond donors (Lipinski definition) is 1. The molecule has 1 aromatic rings. The summed E-state index contributed by atoms with van der Waals surface area (Å²) in [4.78, 5) is 34.3. The first kappa shape index (κ1) is 20.6. The molecule has 0 aliphatic carbocycles. The van der Waals surface area contributed by atoms with Gasteiger partial charge in [-0.05, 0) is 38.5 Å². The zero-order chi connectivity index (χ0) is 20.4. The maximum Gasteiger partial charge on any atom is 0.239 e. The SMILES string of the molecule is CN1CCN(C(=O)CC[C@@H]2CNC(=O)[C@H]3[C@@H](CCN3Cc3csnn3)N2C)CC1. The van der Waals surface area contributed by atoms with Crippen LogP contribution in [0.1, 0.15) is 25.0 Å². The zero-order valence-electron chi connectivity index (χ0n) is 17.3. The highest BCUT2D eigenvalue weighted by Gasteiger charge is 2.45. The lowest BCUT2D eigenvalue weighted by Gasteiger charge is -2.34. The molecule has 1 N–H and O–H groups in total. The van der Waals surface area contributed by atoms with E-state index in [9.17, 15) is 9.59 Å². The predicted octanol–water partition coefficient (Wildman–Crippen LogP) is -0.535. The normalized spacial score (nSPS) is 29.5. The van der Waals surface area contributed by atoms with Crippen molar-refractivity contribution in [3.8, 4) is 0 Å². The molecule has 3 atom stereocenters. The van der Waals surface area contributed by atoms with E-state index in [1.165, 1.54) is 11.5 Å². The molecule has 0 unspecified atom stereocenters. The molecule has 4 rings (SSSR count). The Morgan fingerprint density at radius 3 is 2.76 bits per heavy atom. The fourth-order valence-corrected chi connectivity index (χ4v) is 5.23. The number of fused-ring (bicyclic) bond motifs is 1. The molecule has 0 saturated carbocycles. The van der Waals surface area contributed by atoms with E-state index < -0.39 is 0 Å². The number of rotatable bonds is 5. The Kier molecular flexibility index (Phi) is 6.43. The molecule has 1 aromatic heterocycles. The van der Waals surface area contributed by atoms with E-state index in [4.69, 9.17) is 0 Å². The van der Waals surface area contributed by atoms with Crippen LogP contribution in [0, 0.1) is 0 Å². The molecule has 0 aromatic carbocycles. The van der Waals surface area contributed by atoms with Gasteiger partial charge in [0.1, 0.15) is 6.04 Å². The smallest absolute Gasteiger partial charge is 0.239 e. The number of piperazine rings is 1. The quantitative estimate of drug-likeness (QED) is 0.684. The maximum absolute atomic E-state index is 12.8. The van der Waals surface area contributed by atoms with Crippen LogP contribution in [0.3, 0.4) is 0 Å². The summed E-state index contributed by atoms with van der Waals surface area (Å²) >= 11 is 1.34. The van der Waals surface area contributed by atoms with E-state index >= 15 is 0 Å². The maximum atomic E-state index is 12.8.